The van der Waals surface area contributed by atoms with Gasteiger partial charge in [0.25, 0.3) is 0 Å². The van der Waals surface area contributed by atoms with Crippen molar-refractivity contribution in [3.63, 3.8) is 0 Å². The smallest absolute Gasteiger partial charge is 0.227 e. The van der Waals surface area contributed by atoms with Gasteiger partial charge in [0.15, 0.2) is 0 Å². The van der Waals surface area contributed by atoms with Crippen LogP contribution in [0.25, 0.3) is 0 Å². The predicted octanol–water partition coefficient (Wildman–Crippen LogP) is 1.88. The Kier molecular flexibility index (Phi) is 4.45. The fourth-order valence-electron chi connectivity index (χ4n) is 1.23. The number of aliphatic hydroxyl groups is 1. The van der Waals surface area contributed by atoms with Gasteiger partial charge in [0.2, 0.25) is 5.91 Å². The van der Waals surface area contributed by atoms with Crippen LogP contribution >= 0.6 is 0 Å². The maximum atomic E-state index is 13.3. The number of halogens is 1. The maximum absolute atomic E-state index is 13.3. The van der Waals surface area contributed by atoms with Crippen LogP contribution in [0.5, 0.6) is 5.75 Å². The fraction of sp³-hybridized carbons (Fsp3) is 0.417. The minimum Gasteiger partial charge on any atom is -0.508 e. The van der Waals surface area contributed by atoms with E-state index in [0.717, 1.165) is 6.07 Å². The molecule has 1 amide bonds. The van der Waals surface area contributed by atoms with E-state index in [2.05, 4.69) is 5.32 Å². The van der Waals surface area contributed by atoms with Crippen molar-refractivity contribution in [2.45, 2.75) is 26.4 Å². The van der Waals surface area contributed by atoms with Gasteiger partial charge in [0.1, 0.15) is 11.6 Å². The molecule has 0 aromatic heterocycles. The van der Waals surface area contributed by atoms with E-state index in [9.17, 15) is 14.3 Å². The lowest BCUT2D eigenvalue weighted by Gasteiger charge is -2.14. The van der Waals surface area contributed by atoms with Gasteiger partial charge in [-0.05, 0) is 18.1 Å². The SMILES string of the molecule is CC(C)[C@@H](O)CC(=O)Nc1ccc(O)cc1F. The third-order valence-electron chi connectivity index (χ3n) is 2.39. The molecule has 0 fully saturated rings. The van der Waals surface area contributed by atoms with E-state index in [4.69, 9.17) is 5.11 Å². The minimum absolute atomic E-state index is 0.0104. The number of hydrogen-bond donors (Lipinski definition) is 3. The molecule has 1 aromatic rings. The van der Waals surface area contributed by atoms with E-state index in [0.29, 0.717) is 0 Å². The second-order valence-corrected chi connectivity index (χ2v) is 4.23. The van der Waals surface area contributed by atoms with Crippen LogP contribution in [0.4, 0.5) is 10.1 Å². The lowest BCUT2D eigenvalue weighted by atomic mass is 10.0. The van der Waals surface area contributed by atoms with Gasteiger partial charge in [0.05, 0.1) is 18.2 Å². The van der Waals surface area contributed by atoms with Crippen LogP contribution in [0, 0.1) is 11.7 Å². The van der Waals surface area contributed by atoms with Crippen molar-refractivity contribution in [1.82, 2.24) is 0 Å². The van der Waals surface area contributed by atoms with Gasteiger partial charge < -0.3 is 15.5 Å². The Morgan fingerprint density at radius 3 is 2.65 bits per heavy atom. The number of rotatable bonds is 4. The number of aliphatic hydroxyl groups excluding tert-OH is 1. The number of anilines is 1. The average molecular weight is 241 g/mol. The zero-order chi connectivity index (χ0) is 13.0. The highest BCUT2D eigenvalue weighted by Crippen LogP contribution is 2.19. The van der Waals surface area contributed by atoms with E-state index in [1.54, 1.807) is 13.8 Å². The number of phenols is 1. The van der Waals surface area contributed by atoms with Crippen molar-refractivity contribution >= 4 is 11.6 Å². The molecule has 4 nitrogen and oxygen atoms in total. The molecule has 0 saturated carbocycles. The van der Waals surface area contributed by atoms with Crippen LogP contribution in [-0.2, 0) is 4.79 Å². The van der Waals surface area contributed by atoms with Crippen molar-refractivity contribution in [3.8, 4) is 5.75 Å². The molecular weight excluding hydrogens is 225 g/mol. The Bertz CT molecular complexity index is 407. The molecule has 94 valence electrons. The van der Waals surface area contributed by atoms with E-state index in [1.165, 1.54) is 12.1 Å². The summed E-state index contributed by atoms with van der Waals surface area (Å²) in [5, 5.41) is 20.8. The zero-order valence-electron chi connectivity index (χ0n) is 9.77. The third-order valence-corrected chi connectivity index (χ3v) is 2.39. The summed E-state index contributed by atoms with van der Waals surface area (Å²) in [7, 11) is 0. The van der Waals surface area contributed by atoms with Gasteiger partial charge in [-0.3, -0.25) is 4.79 Å². The molecule has 3 N–H and O–H groups in total. The average Bonchev–Trinajstić information content (AvgIpc) is 2.22. The zero-order valence-corrected chi connectivity index (χ0v) is 9.77. The van der Waals surface area contributed by atoms with Crippen LogP contribution < -0.4 is 5.32 Å². The van der Waals surface area contributed by atoms with E-state index < -0.39 is 17.8 Å². The molecule has 0 aliphatic heterocycles. The highest BCUT2D eigenvalue weighted by molar-refractivity contribution is 5.91. The Labute approximate surface area is 99.1 Å². The highest BCUT2D eigenvalue weighted by atomic mass is 19.1. The first-order valence-corrected chi connectivity index (χ1v) is 5.36. The number of aromatic hydroxyl groups is 1. The molecule has 0 heterocycles. The van der Waals surface area contributed by atoms with Gasteiger partial charge in [-0.2, -0.15) is 0 Å². The second-order valence-electron chi connectivity index (χ2n) is 4.23. The maximum Gasteiger partial charge on any atom is 0.227 e. The molecule has 0 aliphatic rings. The van der Waals surface area contributed by atoms with Crippen LogP contribution in [-0.4, -0.2) is 22.2 Å². The van der Waals surface area contributed by atoms with Crippen molar-refractivity contribution in [1.29, 1.82) is 0 Å². The Morgan fingerprint density at radius 2 is 2.12 bits per heavy atom. The number of carbonyl (C=O) groups is 1. The molecule has 5 heteroatoms. The molecule has 1 rings (SSSR count). The summed E-state index contributed by atoms with van der Waals surface area (Å²) in [6.07, 6.45) is -0.840. The number of hydrogen-bond acceptors (Lipinski definition) is 3. The molecule has 0 spiro atoms. The summed E-state index contributed by atoms with van der Waals surface area (Å²) in [4.78, 5) is 11.5. The third kappa shape index (κ3) is 4.03. The van der Waals surface area contributed by atoms with Gasteiger partial charge in [-0.15, -0.1) is 0 Å². The molecule has 17 heavy (non-hydrogen) atoms. The van der Waals surface area contributed by atoms with Crippen LogP contribution in [0.1, 0.15) is 20.3 Å². The normalized spacial score (nSPS) is 12.5. The number of amides is 1. The molecule has 0 unspecified atom stereocenters. The number of benzene rings is 1. The monoisotopic (exact) mass is 241 g/mol. The van der Waals surface area contributed by atoms with E-state index in [-0.39, 0.29) is 23.8 Å². The Hall–Kier alpha value is -1.62. The summed E-state index contributed by atoms with van der Waals surface area (Å²) in [5.74, 6) is -1.42. The Balaban J connectivity index is 2.62. The summed E-state index contributed by atoms with van der Waals surface area (Å²) >= 11 is 0. The lowest BCUT2D eigenvalue weighted by Crippen LogP contribution is -2.24. The fourth-order valence-corrected chi connectivity index (χ4v) is 1.23. The first-order valence-electron chi connectivity index (χ1n) is 5.36. The number of nitrogens with one attached hydrogen (secondary N) is 1. The summed E-state index contributed by atoms with van der Waals surface area (Å²) in [5.41, 5.74) is -0.0104. The lowest BCUT2D eigenvalue weighted by molar-refractivity contribution is -0.118. The quantitative estimate of drug-likeness (QED) is 0.705. The van der Waals surface area contributed by atoms with Crippen LogP contribution in [0.3, 0.4) is 0 Å². The summed E-state index contributed by atoms with van der Waals surface area (Å²) < 4.78 is 13.3. The molecule has 0 radical (unpaired) electrons. The van der Waals surface area contributed by atoms with Crippen molar-refractivity contribution in [2.75, 3.05) is 5.32 Å². The summed E-state index contributed by atoms with van der Waals surface area (Å²) in [6.45, 7) is 3.58. The van der Waals surface area contributed by atoms with Crippen molar-refractivity contribution in [2.24, 2.45) is 5.92 Å². The second kappa shape index (κ2) is 5.63. The largest absolute Gasteiger partial charge is 0.508 e. The molecule has 0 bridgehead atoms. The van der Waals surface area contributed by atoms with Gasteiger partial charge >= 0.3 is 0 Å². The molecule has 0 saturated heterocycles. The van der Waals surface area contributed by atoms with Crippen molar-refractivity contribution < 1.29 is 19.4 Å². The molecule has 1 aromatic carbocycles. The first-order chi connectivity index (χ1) is 7.90. The summed E-state index contributed by atoms with van der Waals surface area (Å²) in [6, 6.07) is 3.45. The van der Waals surface area contributed by atoms with Gasteiger partial charge in [-0.1, -0.05) is 13.8 Å². The highest BCUT2D eigenvalue weighted by Gasteiger charge is 2.15. The van der Waals surface area contributed by atoms with Crippen LogP contribution in [0.15, 0.2) is 18.2 Å². The molecular formula is C12H16FNO3. The molecule has 0 aliphatic carbocycles. The topological polar surface area (TPSA) is 69.6 Å². The van der Waals surface area contributed by atoms with Crippen LogP contribution in [0.2, 0.25) is 0 Å². The number of carbonyl (C=O) groups excluding carboxylic acids is 1. The number of phenolic OH excluding ortho intramolecular Hbond substituents is 1. The molecule has 1 atom stereocenters. The standard InChI is InChI=1S/C12H16FNO3/c1-7(2)11(16)6-12(17)14-10-4-3-8(15)5-9(10)13/h3-5,7,11,15-16H,6H2,1-2H3,(H,14,17)/t11-/m0/s1. The first kappa shape index (κ1) is 13.4. The van der Waals surface area contributed by atoms with Gasteiger partial charge in [0, 0.05) is 6.07 Å². The van der Waals surface area contributed by atoms with E-state index >= 15 is 0 Å². The Morgan fingerprint density at radius 1 is 1.47 bits per heavy atom. The van der Waals surface area contributed by atoms with Crippen molar-refractivity contribution in [3.05, 3.63) is 24.0 Å². The van der Waals surface area contributed by atoms with E-state index in [1.807, 2.05) is 0 Å². The van der Waals surface area contributed by atoms with Gasteiger partial charge in [-0.25, -0.2) is 4.39 Å². The predicted molar refractivity (Wildman–Crippen MR) is 62.2 cm³/mol. The minimum atomic E-state index is -0.754.